The van der Waals surface area contributed by atoms with Gasteiger partial charge in [0, 0.05) is 19.0 Å². The largest absolute Gasteiger partial charge is 0.381 e. The van der Waals surface area contributed by atoms with E-state index in [-0.39, 0.29) is 0 Å². The highest BCUT2D eigenvalue weighted by Crippen LogP contribution is 2.16. The molecule has 1 aliphatic heterocycles. The van der Waals surface area contributed by atoms with Gasteiger partial charge in [0.15, 0.2) is 0 Å². The number of hydrogen-bond donors (Lipinski definition) is 0. The summed E-state index contributed by atoms with van der Waals surface area (Å²) >= 11 is 0. The Balaban J connectivity index is 2.07. The van der Waals surface area contributed by atoms with Crippen molar-refractivity contribution in [1.82, 2.24) is 0 Å². The number of halogens is 1. The first kappa shape index (κ1) is 8.50. The van der Waals surface area contributed by atoms with Gasteiger partial charge in [-0.3, -0.25) is 0 Å². The standard InChI is InChI=1S/C6H11ClO2S/c7-10(8)4-2-6-1-3-9-5-6/h6H,1-5H2. The van der Waals surface area contributed by atoms with E-state index in [0.717, 1.165) is 26.1 Å². The van der Waals surface area contributed by atoms with Crippen LogP contribution in [-0.4, -0.2) is 23.2 Å². The fourth-order valence-corrected chi connectivity index (χ4v) is 1.86. The Morgan fingerprint density at radius 1 is 1.70 bits per heavy atom. The van der Waals surface area contributed by atoms with Crippen LogP contribution in [0.5, 0.6) is 0 Å². The van der Waals surface area contributed by atoms with Crippen LogP contribution in [0.3, 0.4) is 0 Å². The van der Waals surface area contributed by atoms with Gasteiger partial charge in [0.1, 0.15) is 10.0 Å². The highest BCUT2D eigenvalue weighted by Gasteiger charge is 2.15. The zero-order chi connectivity index (χ0) is 7.40. The molecule has 0 aromatic heterocycles. The van der Waals surface area contributed by atoms with Crippen molar-refractivity contribution in [3.8, 4) is 0 Å². The van der Waals surface area contributed by atoms with Crippen molar-refractivity contribution in [2.45, 2.75) is 12.8 Å². The number of rotatable bonds is 3. The van der Waals surface area contributed by atoms with Crippen LogP contribution < -0.4 is 0 Å². The average molecular weight is 183 g/mol. The Labute approximate surface area is 67.9 Å². The molecule has 0 N–H and O–H groups in total. The maximum absolute atomic E-state index is 10.4. The first-order valence-electron chi connectivity index (χ1n) is 3.41. The lowest BCUT2D eigenvalue weighted by atomic mass is 10.1. The molecule has 0 saturated carbocycles. The van der Waals surface area contributed by atoms with Gasteiger partial charge in [0.25, 0.3) is 0 Å². The van der Waals surface area contributed by atoms with Gasteiger partial charge in [-0.2, -0.15) is 0 Å². The summed E-state index contributed by atoms with van der Waals surface area (Å²) in [6.45, 7) is 1.69. The maximum Gasteiger partial charge on any atom is 0.114 e. The monoisotopic (exact) mass is 182 g/mol. The summed E-state index contributed by atoms with van der Waals surface area (Å²) in [5.41, 5.74) is 0. The second kappa shape index (κ2) is 4.31. The van der Waals surface area contributed by atoms with Crippen LogP contribution in [0.2, 0.25) is 0 Å². The van der Waals surface area contributed by atoms with Gasteiger partial charge in [-0.1, -0.05) is 0 Å². The maximum atomic E-state index is 10.4. The molecule has 1 rings (SSSR count). The molecule has 0 amide bonds. The molecule has 0 radical (unpaired) electrons. The molecule has 1 aliphatic rings. The lowest BCUT2D eigenvalue weighted by Crippen LogP contribution is -2.03. The zero-order valence-corrected chi connectivity index (χ0v) is 7.29. The minimum atomic E-state index is -1.14. The predicted octanol–water partition coefficient (Wildman–Crippen LogP) is 1.32. The van der Waals surface area contributed by atoms with Crippen molar-refractivity contribution in [3.05, 3.63) is 0 Å². The molecule has 1 heterocycles. The van der Waals surface area contributed by atoms with Gasteiger partial charge >= 0.3 is 0 Å². The van der Waals surface area contributed by atoms with Crippen molar-refractivity contribution in [2.75, 3.05) is 19.0 Å². The molecule has 1 saturated heterocycles. The second-order valence-electron chi connectivity index (χ2n) is 2.51. The van der Waals surface area contributed by atoms with Crippen LogP contribution in [0.15, 0.2) is 0 Å². The fraction of sp³-hybridized carbons (Fsp3) is 1.00. The third kappa shape index (κ3) is 2.99. The highest BCUT2D eigenvalue weighted by atomic mass is 35.7. The van der Waals surface area contributed by atoms with Gasteiger partial charge in [-0.15, -0.1) is 0 Å². The van der Waals surface area contributed by atoms with Crippen LogP contribution in [0.25, 0.3) is 0 Å². The van der Waals surface area contributed by atoms with Gasteiger partial charge in [0.05, 0.1) is 0 Å². The molecular weight excluding hydrogens is 172 g/mol. The molecule has 4 heteroatoms. The molecule has 0 aliphatic carbocycles. The van der Waals surface area contributed by atoms with Crippen molar-refractivity contribution in [2.24, 2.45) is 5.92 Å². The van der Waals surface area contributed by atoms with Gasteiger partial charge in [-0.25, -0.2) is 4.21 Å². The molecule has 0 aromatic rings. The Morgan fingerprint density at radius 2 is 2.50 bits per heavy atom. The molecular formula is C6H11ClO2S. The van der Waals surface area contributed by atoms with Crippen molar-refractivity contribution in [1.29, 1.82) is 0 Å². The predicted molar refractivity (Wildman–Crippen MR) is 42.4 cm³/mol. The molecule has 2 atom stereocenters. The zero-order valence-electron chi connectivity index (χ0n) is 5.72. The molecule has 10 heavy (non-hydrogen) atoms. The third-order valence-corrected chi connectivity index (χ3v) is 2.73. The summed E-state index contributed by atoms with van der Waals surface area (Å²) < 4.78 is 15.6. The first-order valence-corrected chi connectivity index (χ1v) is 5.56. The Hall–Kier alpha value is 0.400. The molecule has 60 valence electrons. The van der Waals surface area contributed by atoms with Gasteiger partial charge in [0.2, 0.25) is 0 Å². The lowest BCUT2D eigenvalue weighted by molar-refractivity contribution is 0.185. The highest BCUT2D eigenvalue weighted by molar-refractivity contribution is 8.08. The van der Waals surface area contributed by atoms with E-state index in [1.165, 1.54) is 0 Å². The Morgan fingerprint density at radius 3 is 3.00 bits per heavy atom. The van der Waals surface area contributed by atoms with Crippen LogP contribution in [0.4, 0.5) is 0 Å². The minimum Gasteiger partial charge on any atom is -0.381 e. The molecule has 2 nitrogen and oxygen atoms in total. The SMILES string of the molecule is O=S(Cl)CCC1CCOC1. The van der Waals surface area contributed by atoms with Crippen LogP contribution in [0.1, 0.15) is 12.8 Å². The Kier molecular flexibility index (Phi) is 3.66. The van der Waals surface area contributed by atoms with E-state index in [0.29, 0.717) is 11.7 Å². The van der Waals surface area contributed by atoms with Crippen molar-refractivity contribution < 1.29 is 8.95 Å². The van der Waals surface area contributed by atoms with E-state index in [1.54, 1.807) is 0 Å². The normalized spacial score (nSPS) is 28.7. The van der Waals surface area contributed by atoms with E-state index in [9.17, 15) is 4.21 Å². The first-order chi connectivity index (χ1) is 4.79. The summed E-state index contributed by atoms with van der Waals surface area (Å²) in [4.78, 5) is 0. The van der Waals surface area contributed by atoms with Crippen LogP contribution in [-0.2, 0) is 14.7 Å². The van der Waals surface area contributed by atoms with E-state index in [2.05, 4.69) is 0 Å². The molecule has 2 unspecified atom stereocenters. The van der Waals surface area contributed by atoms with Crippen molar-refractivity contribution >= 4 is 20.7 Å². The summed E-state index contributed by atoms with van der Waals surface area (Å²) in [5.74, 6) is 1.21. The van der Waals surface area contributed by atoms with E-state index in [4.69, 9.17) is 15.4 Å². The van der Waals surface area contributed by atoms with E-state index < -0.39 is 10.0 Å². The summed E-state index contributed by atoms with van der Waals surface area (Å²) in [7, 11) is 4.14. The van der Waals surface area contributed by atoms with Crippen LogP contribution in [0, 0.1) is 5.92 Å². The topological polar surface area (TPSA) is 26.3 Å². The lowest BCUT2D eigenvalue weighted by Gasteiger charge is -2.02. The van der Waals surface area contributed by atoms with Crippen LogP contribution >= 0.6 is 10.7 Å². The Bertz CT molecular complexity index is 123. The molecule has 1 fully saturated rings. The summed E-state index contributed by atoms with van der Waals surface area (Å²) in [6, 6.07) is 0. The van der Waals surface area contributed by atoms with Gasteiger partial charge < -0.3 is 4.74 Å². The fourth-order valence-electron chi connectivity index (χ4n) is 1.07. The number of hydrogen-bond acceptors (Lipinski definition) is 2. The third-order valence-electron chi connectivity index (χ3n) is 1.71. The molecule has 0 aromatic carbocycles. The summed E-state index contributed by atoms with van der Waals surface area (Å²) in [6.07, 6.45) is 2.05. The van der Waals surface area contributed by atoms with E-state index >= 15 is 0 Å². The van der Waals surface area contributed by atoms with Crippen molar-refractivity contribution in [3.63, 3.8) is 0 Å². The smallest absolute Gasteiger partial charge is 0.114 e. The minimum absolute atomic E-state index is 0.600. The van der Waals surface area contributed by atoms with Gasteiger partial charge in [-0.05, 0) is 29.4 Å². The number of ether oxygens (including phenoxy) is 1. The second-order valence-corrected chi connectivity index (χ2v) is 4.53. The summed E-state index contributed by atoms with van der Waals surface area (Å²) in [5, 5.41) is 0. The molecule has 0 bridgehead atoms. The molecule has 0 spiro atoms. The quantitative estimate of drug-likeness (QED) is 0.616. The average Bonchev–Trinajstić information content (AvgIpc) is 2.34. The van der Waals surface area contributed by atoms with E-state index in [1.807, 2.05) is 0 Å².